The van der Waals surface area contributed by atoms with E-state index in [4.69, 9.17) is 4.98 Å². The van der Waals surface area contributed by atoms with Crippen molar-refractivity contribution in [2.24, 2.45) is 5.92 Å². The van der Waals surface area contributed by atoms with Crippen molar-refractivity contribution < 1.29 is 4.79 Å². The highest BCUT2D eigenvalue weighted by Gasteiger charge is 2.27. The molecule has 2 aliphatic rings. The zero-order valence-electron chi connectivity index (χ0n) is 19.4. The number of hydrogen-bond donors (Lipinski definition) is 1. The topological polar surface area (TPSA) is 107 Å². The van der Waals surface area contributed by atoms with Crippen molar-refractivity contribution in [2.45, 2.75) is 38.6 Å². The molecule has 1 amide bonds. The maximum Gasteiger partial charge on any atom is 0.229 e. The molecule has 1 N–H and O–H groups in total. The molecule has 6 rings (SSSR count). The van der Waals surface area contributed by atoms with Crippen LogP contribution in [0.25, 0.3) is 17.1 Å². The minimum atomic E-state index is -0.135. The van der Waals surface area contributed by atoms with Crippen LogP contribution >= 0.6 is 0 Å². The molecule has 0 bridgehead atoms. The fraction of sp³-hybridized carbons (Fsp3) is 0.360. The third-order valence-electron chi connectivity index (χ3n) is 6.78. The summed E-state index contributed by atoms with van der Waals surface area (Å²) in [5.74, 6) is 2.39. The zero-order valence-corrected chi connectivity index (χ0v) is 19.4. The first kappa shape index (κ1) is 21.5. The number of anilines is 2. The van der Waals surface area contributed by atoms with Crippen molar-refractivity contribution in [3.63, 3.8) is 0 Å². The van der Waals surface area contributed by atoms with E-state index in [0.29, 0.717) is 12.4 Å². The number of nitrogens with zero attached hydrogens (tertiary/aromatic N) is 8. The first-order valence-electron chi connectivity index (χ1n) is 12.1. The average Bonchev–Trinajstić information content (AvgIpc) is 3.60. The van der Waals surface area contributed by atoms with Gasteiger partial charge in [-0.25, -0.2) is 14.6 Å². The van der Waals surface area contributed by atoms with Gasteiger partial charge in [-0.05, 0) is 43.9 Å². The van der Waals surface area contributed by atoms with Crippen molar-refractivity contribution in [2.75, 3.05) is 23.3 Å². The molecule has 0 saturated carbocycles. The van der Waals surface area contributed by atoms with Crippen molar-refractivity contribution in [1.29, 1.82) is 0 Å². The summed E-state index contributed by atoms with van der Waals surface area (Å²) in [5, 5.41) is 15.9. The Morgan fingerprint density at radius 1 is 1.00 bits per heavy atom. The van der Waals surface area contributed by atoms with Crippen LogP contribution in [0.2, 0.25) is 0 Å². The summed E-state index contributed by atoms with van der Waals surface area (Å²) < 4.78 is 3.81. The standard InChI is InChI=1S/C25H27N9O/c35-25(29-20-8-2-1-7-19(20)21-15-33-12-4-3-9-22(33)28-21)18-6-5-13-32(14-18)23-10-11-24(31-30-23)34-17-26-16-27-34/h1-2,7-8,10-11,15-18H,3-6,9,12-14H2,(H,29,35). The summed E-state index contributed by atoms with van der Waals surface area (Å²) in [4.78, 5) is 24.2. The molecular formula is C25H27N9O. The summed E-state index contributed by atoms with van der Waals surface area (Å²) >= 11 is 0. The van der Waals surface area contributed by atoms with E-state index in [1.165, 1.54) is 19.2 Å². The number of nitrogens with one attached hydrogen (secondary N) is 1. The van der Waals surface area contributed by atoms with Crippen LogP contribution in [0.1, 0.15) is 31.5 Å². The molecule has 35 heavy (non-hydrogen) atoms. The number of aromatic nitrogens is 7. The number of benzene rings is 1. The Balaban J connectivity index is 1.16. The van der Waals surface area contributed by atoms with E-state index in [-0.39, 0.29) is 11.8 Å². The highest BCUT2D eigenvalue weighted by molar-refractivity contribution is 5.96. The number of carbonyl (C=O) groups excluding carboxylic acids is 1. The second-order valence-electron chi connectivity index (χ2n) is 9.10. The van der Waals surface area contributed by atoms with E-state index in [0.717, 1.165) is 60.9 Å². The fourth-order valence-electron chi connectivity index (χ4n) is 4.93. The van der Waals surface area contributed by atoms with Crippen molar-refractivity contribution in [3.05, 3.63) is 61.1 Å². The largest absolute Gasteiger partial charge is 0.354 e. The Morgan fingerprint density at radius 2 is 1.89 bits per heavy atom. The second kappa shape index (κ2) is 9.28. The Morgan fingerprint density at radius 3 is 2.71 bits per heavy atom. The first-order valence-corrected chi connectivity index (χ1v) is 12.1. The van der Waals surface area contributed by atoms with Crippen LogP contribution in [-0.2, 0) is 17.8 Å². The molecule has 178 valence electrons. The van der Waals surface area contributed by atoms with Crippen LogP contribution in [0, 0.1) is 5.92 Å². The monoisotopic (exact) mass is 469 g/mol. The van der Waals surface area contributed by atoms with Gasteiger partial charge in [-0.3, -0.25) is 4.79 Å². The Hall–Kier alpha value is -4.08. The first-order chi connectivity index (χ1) is 17.2. The summed E-state index contributed by atoms with van der Waals surface area (Å²) in [6, 6.07) is 11.7. The maximum absolute atomic E-state index is 13.3. The molecule has 0 spiro atoms. The van der Waals surface area contributed by atoms with Gasteiger partial charge >= 0.3 is 0 Å². The minimum Gasteiger partial charge on any atom is -0.354 e. The van der Waals surface area contributed by atoms with Crippen molar-refractivity contribution >= 4 is 17.4 Å². The number of para-hydroxylation sites is 1. The van der Waals surface area contributed by atoms with Crippen LogP contribution in [0.3, 0.4) is 0 Å². The molecule has 10 heteroatoms. The minimum absolute atomic E-state index is 0.0262. The van der Waals surface area contributed by atoms with Crippen LogP contribution in [0.4, 0.5) is 11.5 Å². The van der Waals surface area contributed by atoms with Gasteiger partial charge in [-0.15, -0.1) is 10.2 Å². The van der Waals surface area contributed by atoms with Gasteiger partial charge in [0.15, 0.2) is 11.6 Å². The summed E-state index contributed by atoms with van der Waals surface area (Å²) in [5.41, 5.74) is 2.69. The molecular weight excluding hydrogens is 442 g/mol. The normalized spacial score (nSPS) is 17.7. The molecule has 1 aromatic carbocycles. The third kappa shape index (κ3) is 4.39. The number of fused-ring (bicyclic) bond motifs is 1. The second-order valence-corrected chi connectivity index (χ2v) is 9.10. The number of carbonyl (C=O) groups is 1. The fourth-order valence-corrected chi connectivity index (χ4v) is 4.93. The van der Waals surface area contributed by atoms with E-state index in [2.05, 4.69) is 41.3 Å². The lowest BCUT2D eigenvalue weighted by atomic mass is 9.96. The zero-order chi connectivity index (χ0) is 23.6. The van der Waals surface area contributed by atoms with Crippen LogP contribution in [-0.4, -0.2) is 53.5 Å². The molecule has 1 saturated heterocycles. The predicted molar refractivity (Wildman–Crippen MR) is 131 cm³/mol. The van der Waals surface area contributed by atoms with Gasteiger partial charge in [-0.1, -0.05) is 18.2 Å². The number of piperidine rings is 1. The lowest BCUT2D eigenvalue weighted by Crippen LogP contribution is -2.41. The average molecular weight is 470 g/mol. The number of imidazole rings is 1. The molecule has 2 aliphatic heterocycles. The van der Waals surface area contributed by atoms with Gasteiger partial charge in [0.1, 0.15) is 18.5 Å². The van der Waals surface area contributed by atoms with Gasteiger partial charge in [-0.2, -0.15) is 5.10 Å². The van der Waals surface area contributed by atoms with E-state index >= 15 is 0 Å². The van der Waals surface area contributed by atoms with Crippen LogP contribution in [0.15, 0.2) is 55.2 Å². The molecule has 1 unspecified atom stereocenters. The number of hydrogen-bond acceptors (Lipinski definition) is 7. The number of amides is 1. The van der Waals surface area contributed by atoms with Crippen LogP contribution in [0.5, 0.6) is 0 Å². The Labute approximate surface area is 203 Å². The summed E-state index contributed by atoms with van der Waals surface area (Å²) in [7, 11) is 0. The molecule has 10 nitrogen and oxygen atoms in total. The van der Waals surface area contributed by atoms with E-state index < -0.39 is 0 Å². The van der Waals surface area contributed by atoms with Crippen molar-refractivity contribution in [1.82, 2.24) is 34.5 Å². The summed E-state index contributed by atoms with van der Waals surface area (Å²) in [6.07, 6.45) is 10.3. The summed E-state index contributed by atoms with van der Waals surface area (Å²) in [6.45, 7) is 2.46. The molecule has 0 aliphatic carbocycles. The van der Waals surface area contributed by atoms with Gasteiger partial charge in [0.05, 0.1) is 17.3 Å². The third-order valence-corrected chi connectivity index (χ3v) is 6.78. The maximum atomic E-state index is 13.3. The van der Waals surface area contributed by atoms with Crippen LogP contribution < -0.4 is 10.2 Å². The quantitative estimate of drug-likeness (QED) is 0.479. The van der Waals surface area contributed by atoms with Gasteiger partial charge < -0.3 is 14.8 Å². The predicted octanol–water partition coefficient (Wildman–Crippen LogP) is 3.11. The molecule has 4 aromatic rings. The van der Waals surface area contributed by atoms with Crippen molar-refractivity contribution in [3.8, 4) is 17.1 Å². The lowest BCUT2D eigenvalue weighted by molar-refractivity contribution is -0.120. The number of aryl methyl sites for hydroxylation is 2. The molecule has 1 atom stereocenters. The molecule has 1 fully saturated rings. The lowest BCUT2D eigenvalue weighted by Gasteiger charge is -2.32. The van der Waals surface area contributed by atoms with Gasteiger partial charge in [0.25, 0.3) is 0 Å². The van der Waals surface area contributed by atoms with E-state index in [9.17, 15) is 4.79 Å². The van der Waals surface area contributed by atoms with E-state index in [1.807, 2.05) is 36.4 Å². The molecule has 5 heterocycles. The van der Waals surface area contributed by atoms with Gasteiger partial charge in [0, 0.05) is 37.8 Å². The highest BCUT2D eigenvalue weighted by atomic mass is 16.1. The smallest absolute Gasteiger partial charge is 0.229 e. The molecule has 0 radical (unpaired) electrons. The van der Waals surface area contributed by atoms with E-state index in [1.54, 1.807) is 11.0 Å². The Bertz CT molecular complexity index is 1290. The Kier molecular flexibility index (Phi) is 5.69. The highest BCUT2D eigenvalue weighted by Crippen LogP contribution is 2.30. The number of rotatable bonds is 5. The molecule has 3 aromatic heterocycles. The SMILES string of the molecule is O=C(Nc1ccccc1-c1cn2c(n1)CCCC2)C1CCCN(c2ccc(-n3cncn3)nn2)C1. The van der Waals surface area contributed by atoms with Gasteiger partial charge in [0.2, 0.25) is 5.91 Å².